The van der Waals surface area contributed by atoms with E-state index in [0.29, 0.717) is 6.73 Å². The van der Waals surface area contributed by atoms with Gasteiger partial charge >= 0.3 is 0 Å². The molecule has 0 aromatic heterocycles. The van der Waals surface area contributed by atoms with E-state index < -0.39 is 0 Å². The molecule has 1 rings (SSSR count). The van der Waals surface area contributed by atoms with E-state index >= 15 is 0 Å². The predicted octanol–water partition coefficient (Wildman–Crippen LogP) is 2.77. The third-order valence-electron chi connectivity index (χ3n) is 1.58. The molecule has 0 amide bonds. The van der Waals surface area contributed by atoms with Crippen molar-refractivity contribution in [2.75, 3.05) is 19.2 Å². The first kappa shape index (κ1) is 9.55. The minimum atomic E-state index is 0.543. The van der Waals surface area contributed by atoms with Crippen LogP contribution in [0.15, 0.2) is 22.7 Å². The predicted molar refractivity (Wildman–Crippen MR) is 54.4 cm³/mol. The molecule has 1 aromatic rings. The van der Waals surface area contributed by atoms with Gasteiger partial charge in [-0.3, -0.25) is 0 Å². The summed E-state index contributed by atoms with van der Waals surface area (Å²) in [6.07, 6.45) is 0. The molecule has 3 heteroatoms. The van der Waals surface area contributed by atoms with Gasteiger partial charge in [0.2, 0.25) is 0 Å². The van der Waals surface area contributed by atoms with Gasteiger partial charge in [0.05, 0.1) is 0 Å². The van der Waals surface area contributed by atoms with Crippen molar-refractivity contribution >= 4 is 21.6 Å². The second kappa shape index (κ2) is 4.48. The standard InChI is InChI=1S/C9H12BrNO/c1-7-5-8(11-6-12-2)3-4-9(7)10/h3-5,11H,6H2,1-2H3. The zero-order valence-corrected chi connectivity index (χ0v) is 8.81. The summed E-state index contributed by atoms with van der Waals surface area (Å²) in [4.78, 5) is 0. The molecule has 0 atom stereocenters. The molecule has 66 valence electrons. The summed E-state index contributed by atoms with van der Waals surface area (Å²) in [6, 6.07) is 6.10. The normalized spacial score (nSPS) is 9.92. The fraction of sp³-hybridized carbons (Fsp3) is 0.333. The molecule has 0 saturated carbocycles. The van der Waals surface area contributed by atoms with E-state index in [2.05, 4.69) is 34.2 Å². The van der Waals surface area contributed by atoms with E-state index in [4.69, 9.17) is 4.74 Å². The van der Waals surface area contributed by atoms with E-state index in [1.165, 1.54) is 5.56 Å². The number of hydrogen-bond acceptors (Lipinski definition) is 2. The number of anilines is 1. The van der Waals surface area contributed by atoms with Crippen molar-refractivity contribution in [3.8, 4) is 0 Å². The Morgan fingerprint density at radius 2 is 2.25 bits per heavy atom. The fourth-order valence-corrected chi connectivity index (χ4v) is 1.16. The molecule has 0 radical (unpaired) electrons. The van der Waals surface area contributed by atoms with Gasteiger partial charge in [0.25, 0.3) is 0 Å². The Kier molecular flexibility index (Phi) is 3.56. The van der Waals surface area contributed by atoms with E-state index in [1.807, 2.05) is 12.1 Å². The van der Waals surface area contributed by atoms with Gasteiger partial charge in [-0.05, 0) is 30.7 Å². The van der Waals surface area contributed by atoms with Crippen molar-refractivity contribution in [1.82, 2.24) is 0 Å². The molecule has 0 bridgehead atoms. The molecule has 2 nitrogen and oxygen atoms in total. The van der Waals surface area contributed by atoms with Crippen LogP contribution in [0.1, 0.15) is 5.56 Å². The third-order valence-corrected chi connectivity index (χ3v) is 2.47. The van der Waals surface area contributed by atoms with Crippen LogP contribution in [0, 0.1) is 6.92 Å². The molecule has 0 fully saturated rings. The first-order chi connectivity index (χ1) is 5.74. The van der Waals surface area contributed by atoms with Crippen LogP contribution in [-0.2, 0) is 4.74 Å². The highest BCUT2D eigenvalue weighted by Gasteiger charge is 1.95. The Labute approximate surface area is 81.1 Å². The average molecular weight is 230 g/mol. The van der Waals surface area contributed by atoms with Crippen LogP contribution in [0.25, 0.3) is 0 Å². The van der Waals surface area contributed by atoms with Crippen LogP contribution in [-0.4, -0.2) is 13.8 Å². The average Bonchev–Trinajstić information content (AvgIpc) is 2.07. The lowest BCUT2D eigenvalue weighted by Crippen LogP contribution is -2.02. The molecule has 0 heterocycles. The van der Waals surface area contributed by atoms with E-state index in [0.717, 1.165) is 10.2 Å². The van der Waals surface area contributed by atoms with Crippen molar-refractivity contribution in [2.24, 2.45) is 0 Å². The lowest BCUT2D eigenvalue weighted by molar-refractivity contribution is 0.221. The van der Waals surface area contributed by atoms with Gasteiger partial charge in [-0.1, -0.05) is 15.9 Å². The minimum absolute atomic E-state index is 0.543. The summed E-state index contributed by atoms with van der Waals surface area (Å²) in [5, 5.41) is 3.12. The Balaban J connectivity index is 2.69. The second-order valence-corrected chi connectivity index (χ2v) is 3.43. The Morgan fingerprint density at radius 1 is 1.50 bits per heavy atom. The summed E-state index contributed by atoms with van der Waals surface area (Å²) < 4.78 is 6.02. The van der Waals surface area contributed by atoms with Crippen molar-refractivity contribution in [3.63, 3.8) is 0 Å². The van der Waals surface area contributed by atoms with Crippen LogP contribution in [0.3, 0.4) is 0 Å². The zero-order chi connectivity index (χ0) is 8.97. The zero-order valence-electron chi connectivity index (χ0n) is 7.23. The molecule has 1 N–H and O–H groups in total. The summed E-state index contributed by atoms with van der Waals surface area (Å²) in [5.74, 6) is 0. The number of nitrogens with one attached hydrogen (secondary N) is 1. The van der Waals surface area contributed by atoms with Crippen molar-refractivity contribution < 1.29 is 4.74 Å². The number of rotatable bonds is 3. The van der Waals surface area contributed by atoms with E-state index in [-0.39, 0.29) is 0 Å². The van der Waals surface area contributed by atoms with Crippen LogP contribution >= 0.6 is 15.9 Å². The molecule has 0 aliphatic rings. The lowest BCUT2D eigenvalue weighted by atomic mass is 10.2. The molecule has 0 aliphatic carbocycles. The topological polar surface area (TPSA) is 21.3 Å². The minimum Gasteiger partial charge on any atom is -0.365 e. The molecule has 0 aliphatic heterocycles. The molecular formula is C9H12BrNO. The smallest absolute Gasteiger partial charge is 0.116 e. The number of benzene rings is 1. The van der Waals surface area contributed by atoms with Crippen molar-refractivity contribution in [3.05, 3.63) is 28.2 Å². The molecular weight excluding hydrogens is 218 g/mol. The Bertz CT molecular complexity index is 263. The number of methoxy groups -OCH3 is 1. The third kappa shape index (κ3) is 2.50. The second-order valence-electron chi connectivity index (χ2n) is 2.57. The monoisotopic (exact) mass is 229 g/mol. The number of hydrogen-bond donors (Lipinski definition) is 1. The van der Waals surface area contributed by atoms with Crippen LogP contribution in [0.2, 0.25) is 0 Å². The molecule has 0 spiro atoms. The molecule has 0 unspecified atom stereocenters. The van der Waals surface area contributed by atoms with Crippen molar-refractivity contribution in [2.45, 2.75) is 6.92 Å². The van der Waals surface area contributed by atoms with Crippen LogP contribution in [0.5, 0.6) is 0 Å². The Hall–Kier alpha value is -0.540. The molecule has 0 saturated heterocycles. The maximum atomic E-state index is 4.89. The van der Waals surface area contributed by atoms with Crippen LogP contribution in [0.4, 0.5) is 5.69 Å². The maximum Gasteiger partial charge on any atom is 0.116 e. The summed E-state index contributed by atoms with van der Waals surface area (Å²) in [6.45, 7) is 2.60. The van der Waals surface area contributed by atoms with Crippen molar-refractivity contribution in [1.29, 1.82) is 0 Å². The van der Waals surface area contributed by atoms with E-state index in [9.17, 15) is 0 Å². The maximum absolute atomic E-state index is 4.89. The highest BCUT2D eigenvalue weighted by molar-refractivity contribution is 9.10. The number of halogens is 1. The molecule has 12 heavy (non-hydrogen) atoms. The van der Waals surface area contributed by atoms with Gasteiger partial charge in [0, 0.05) is 17.3 Å². The first-order valence-corrected chi connectivity index (χ1v) is 4.52. The van der Waals surface area contributed by atoms with Gasteiger partial charge < -0.3 is 10.1 Å². The summed E-state index contributed by atoms with van der Waals surface area (Å²) in [7, 11) is 1.67. The quantitative estimate of drug-likeness (QED) is 0.806. The first-order valence-electron chi connectivity index (χ1n) is 3.73. The largest absolute Gasteiger partial charge is 0.365 e. The summed E-state index contributed by atoms with van der Waals surface area (Å²) in [5.41, 5.74) is 2.30. The van der Waals surface area contributed by atoms with Gasteiger partial charge in [-0.15, -0.1) is 0 Å². The van der Waals surface area contributed by atoms with Gasteiger partial charge in [-0.25, -0.2) is 0 Å². The number of ether oxygens (including phenoxy) is 1. The highest BCUT2D eigenvalue weighted by atomic mass is 79.9. The van der Waals surface area contributed by atoms with Gasteiger partial charge in [-0.2, -0.15) is 0 Å². The molecule has 1 aromatic carbocycles. The number of aryl methyl sites for hydroxylation is 1. The van der Waals surface area contributed by atoms with Gasteiger partial charge in [0.1, 0.15) is 6.73 Å². The SMILES string of the molecule is COCNc1ccc(Br)c(C)c1. The fourth-order valence-electron chi connectivity index (χ4n) is 0.910. The Morgan fingerprint density at radius 3 is 2.83 bits per heavy atom. The van der Waals surface area contributed by atoms with Crippen LogP contribution < -0.4 is 5.32 Å². The highest BCUT2D eigenvalue weighted by Crippen LogP contribution is 2.19. The lowest BCUT2D eigenvalue weighted by Gasteiger charge is -2.06. The summed E-state index contributed by atoms with van der Waals surface area (Å²) >= 11 is 3.44. The van der Waals surface area contributed by atoms with E-state index in [1.54, 1.807) is 7.11 Å². The van der Waals surface area contributed by atoms with Gasteiger partial charge in [0.15, 0.2) is 0 Å².